The average Bonchev–Trinajstić information content (AvgIpc) is 2.44. The third-order valence-corrected chi connectivity index (χ3v) is 2.65. The van der Waals surface area contributed by atoms with Crippen molar-refractivity contribution >= 4 is 17.5 Å². The molecule has 0 aliphatic rings. The van der Waals surface area contributed by atoms with Gasteiger partial charge in [-0.2, -0.15) is 5.54 Å². The molecular weight excluding hydrogens is 273 g/mol. The fraction of sp³-hybridized carbons (Fsp3) is 0.200. The quantitative estimate of drug-likeness (QED) is 0.427. The van der Waals surface area contributed by atoms with Gasteiger partial charge in [0, 0.05) is 5.70 Å². The van der Waals surface area contributed by atoms with Gasteiger partial charge in [-0.1, -0.05) is 43.1 Å². The number of hydrogen-bond acceptors (Lipinski definition) is 3. The van der Waals surface area contributed by atoms with Gasteiger partial charge < -0.3 is 11.1 Å². The van der Waals surface area contributed by atoms with Crippen molar-refractivity contribution in [3.8, 4) is 0 Å². The Hall–Kier alpha value is -2.63. The van der Waals surface area contributed by atoms with Gasteiger partial charge in [0.05, 0.1) is 16.8 Å². The van der Waals surface area contributed by atoms with Crippen molar-refractivity contribution in [3.63, 3.8) is 0 Å². The lowest BCUT2D eigenvalue weighted by Gasteiger charge is -2.15. The lowest BCUT2D eigenvalue weighted by atomic mass is 10.1. The normalized spacial score (nSPS) is 11.1. The minimum atomic E-state index is -0.953. The Morgan fingerprint density at radius 1 is 1.33 bits per heavy atom. The second-order valence-corrected chi connectivity index (χ2v) is 4.76. The SMILES string of the molecule is C=C(C(=O)NF)/C(=C\C(C)C)Nc1ccccc1C(N)=O. The molecule has 0 bridgehead atoms. The number of halogens is 1. The number of nitrogens with one attached hydrogen (secondary N) is 2. The molecule has 1 rings (SSSR count). The lowest BCUT2D eigenvalue weighted by Crippen LogP contribution is -2.21. The molecule has 4 N–H and O–H groups in total. The van der Waals surface area contributed by atoms with E-state index in [1.165, 1.54) is 0 Å². The number of hydrogen-bond donors (Lipinski definition) is 3. The second-order valence-electron chi connectivity index (χ2n) is 4.76. The summed E-state index contributed by atoms with van der Waals surface area (Å²) in [6.45, 7) is 7.33. The van der Waals surface area contributed by atoms with Crippen molar-refractivity contribution < 1.29 is 14.1 Å². The summed E-state index contributed by atoms with van der Waals surface area (Å²) in [6.07, 6.45) is 1.70. The fourth-order valence-electron chi connectivity index (χ4n) is 1.68. The molecule has 0 unspecified atom stereocenters. The molecule has 0 atom stereocenters. The molecule has 1 aromatic rings. The van der Waals surface area contributed by atoms with Gasteiger partial charge >= 0.3 is 0 Å². The van der Waals surface area contributed by atoms with E-state index in [4.69, 9.17) is 5.73 Å². The van der Waals surface area contributed by atoms with Crippen molar-refractivity contribution in [2.24, 2.45) is 11.7 Å². The number of benzene rings is 1. The highest BCUT2D eigenvalue weighted by molar-refractivity contribution is 6.00. The van der Waals surface area contributed by atoms with Crippen LogP contribution < -0.4 is 16.6 Å². The maximum absolute atomic E-state index is 12.3. The third-order valence-electron chi connectivity index (χ3n) is 2.65. The van der Waals surface area contributed by atoms with E-state index in [1.807, 2.05) is 13.8 Å². The number of carbonyl (C=O) groups excluding carboxylic acids is 2. The zero-order chi connectivity index (χ0) is 16.0. The predicted molar refractivity (Wildman–Crippen MR) is 79.9 cm³/mol. The minimum absolute atomic E-state index is 0.0783. The van der Waals surface area contributed by atoms with Gasteiger partial charge in [0.25, 0.3) is 11.8 Å². The number of amides is 2. The van der Waals surface area contributed by atoms with Gasteiger partial charge in [-0.25, -0.2) is 0 Å². The summed E-state index contributed by atoms with van der Waals surface area (Å²) in [4.78, 5) is 22.8. The van der Waals surface area contributed by atoms with E-state index in [0.717, 1.165) is 5.54 Å². The van der Waals surface area contributed by atoms with Gasteiger partial charge in [-0.05, 0) is 18.1 Å². The van der Waals surface area contributed by atoms with Crippen LogP contribution in [-0.4, -0.2) is 11.8 Å². The monoisotopic (exact) mass is 291 g/mol. The van der Waals surface area contributed by atoms with Crippen LogP contribution in [0.1, 0.15) is 24.2 Å². The van der Waals surface area contributed by atoms with Crippen LogP contribution in [0.4, 0.5) is 10.2 Å². The van der Waals surface area contributed by atoms with Crippen LogP contribution in [0.15, 0.2) is 48.2 Å². The van der Waals surface area contributed by atoms with Crippen LogP contribution in [0.3, 0.4) is 0 Å². The van der Waals surface area contributed by atoms with Crippen LogP contribution in [0.25, 0.3) is 0 Å². The molecule has 6 heteroatoms. The fourth-order valence-corrected chi connectivity index (χ4v) is 1.68. The van der Waals surface area contributed by atoms with Gasteiger partial charge in [0.1, 0.15) is 0 Å². The number of primary amides is 1. The first-order valence-electron chi connectivity index (χ1n) is 6.34. The molecule has 112 valence electrons. The van der Waals surface area contributed by atoms with E-state index in [0.29, 0.717) is 11.4 Å². The predicted octanol–water partition coefficient (Wildman–Crippen LogP) is 2.29. The Morgan fingerprint density at radius 3 is 2.48 bits per heavy atom. The maximum atomic E-state index is 12.3. The smallest absolute Gasteiger partial charge is 0.280 e. The van der Waals surface area contributed by atoms with E-state index in [-0.39, 0.29) is 17.1 Å². The highest BCUT2D eigenvalue weighted by Gasteiger charge is 2.15. The zero-order valence-corrected chi connectivity index (χ0v) is 11.9. The van der Waals surface area contributed by atoms with E-state index in [1.54, 1.807) is 30.3 Å². The van der Waals surface area contributed by atoms with E-state index in [9.17, 15) is 14.1 Å². The molecule has 0 fully saturated rings. The van der Waals surface area contributed by atoms with Gasteiger partial charge in [-0.15, -0.1) is 0 Å². The standard InChI is InChI=1S/C15H18FN3O2/c1-9(2)8-13(10(3)15(21)19-16)18-12-7-5-4-6-11(12)14(17)20/h4-9,18H,3H2,1-2H3,(H2,17,20)(H,19,21)/b13-8+. The highest BCUT2D eigenvalue weighted by atomic mass is 19.2. The van der Waals surface area contributed by atoms with E-state index in [2.05, 4.69) is 11.9 Å². The molecule has 0 aliphatic carbocycles. The largest absolute Gasteiger partial charge is 0.366 e. The Bertz CT molecular complexity index is 594. The van der Waals surface area contributed by atoms with Crippen LogP contribution in [0, 0.1) is 5.92 Å². The number of rotatable bonds is 6. The molecular formula is C15H18FN3O2. The topological polar surface area (TPSA) is 84.2 Å². The van der Waals surface area contributed by atoms with E-state index < -0.39 is 11.8 Å². The molecule has 21 heavy (non-hydrogen) atoms. The molecule has 0 spiro atoms. The molecule has 0 saturated carbocycles. The lowest BCUT2D eigenvalue weighted by molar-refractivity contribution is -0.121. The number of para-hydroxylation sites is 1. The molecule has 0 saturated heterocycles. The molecule has 0 aliphatic heterocycles. The number of anilines is 1. The summed E-state index contributed by atoms with van der Waals surface area (Å²) in [7, 11) is 0. The average molecular weight is 291 g/mol. The van der Waals surface area contributed by atoms with E-state index >= 15 is 0 Å². The summed E-state index contributed by atoms with van der Waals surface area (Å²) in [6, 6.07) is 6.56. The van der Waals surface area contributed by atoms with Crippen molar-refractivity contribution in [2.45, 2.75) is 13.8 Å². The zero-order valence-electron chi connectivity index (χ0n) is 11.9. The van der Waals surface area contributed by atoms with Crippen molar-refractivity contribution in [2.75, 3.05) is 5.32 Å². The Balaban J connectivity index is 3.17. The van der Waals surface area contributed by atoms with Crippen LogP contribution in [0.5, 0.6) is 0 Å². The van der Waals surface area contributed by atoms with Crippen molar-refractivity contribution in [3.05, 3.63) is 53.8 Å². The van der Waals surface area contributed by atoms with Crippen LogP contribution >= 0.6 is 0 Å². The highest BCUT2D eigenvalue weighted by Crippen LogP contribution is 2.20. The van der Waals surface area contributed by atoms with Gasteiger partial charge in [-0.3, -0.25) is 9.59 Å². The third kappa shape index (κ3) is 4.45. The number of carbonyl (C=O) groups is 2. The summed E-state index contributed by atoms with van der Waals surface area (Å²) >= 11 is 0. The van der Waals surface area contributed by atoms with Crippen molar-refractivity contribution in [1.82, 2.24) is 5.54 Å². The molecule has 0 aromatic heterocycles. The first-order chi connectivity index (χ1) is 9.86. The Labute approximate surface area is 122 Å². The first-order valence-corrected chi connectivity index (χ1v) is 6.34. The number of allylic oxidation sites excluding steroid dienone is 1. The summed E-state index contributed by atoms with van der Waals surface area (Å²) in [5.74, 6) is -1.48. The maximum Gasteiger partial charge on any atom is 0.280 e. The Morgan fingerprint density at radius 2 is 1.95 bits per heavy atom. The van der Waals surface area contributed by atoms with Gasteiger partial charge in [0.2, 0.25) is 0 Å². The van der Waals surface area contributed by atoms with Crippen molar-refractivity contribution in [1.29, 1.82) is 0 Å². The molecule has 0 radical (unpaired) electrons. The van der Waals surface area contributed by atoms with Crippen LogP contribution in [-0.2, 0) is 4.79 Å². The minimum Gasteiger partial charge on any atom is -0.366 e. The Kier molecular flexibility index (Phi) is 5.66. The molecule has 0 heterocycles. The van der Waals surface area contributed by atoms with Crippen LogP contribution in [0.2, 0.25) is 0 Å². The molecule has 1 aromatic carbocycles. The summed E-state index contributed by atoms with van der Waals surface area (Å²) in [5, 5.41) is 2.91. The first kappa shape index (κ1) is 16.4. The molecule has 2 amide bonds. The summed E-state index contributed by atoms with van der Waals surface area (Å²) in [5.41, 5.74) is 7.25. The number of nitrogens with two attached hydrogens (primary N) is 1. The van der Waals surface area contributed by atoms with Gasteiger partial charge in [0.15, 0.2) is 0 Å². The second kappa shape index (κ2) is 7.23. The molecule has 5 nitrogen and oxygen atoms in total. The summed E-state index contributed by atoms with van der Waals surface area (Å²) < 4.78 is 12.3.